The Morgan fingerprint density at radius 2 is 1.85 bits per heavy atom. The van der Waals surface area contributed by atoms with Gasteiger partial charge in [0, 0.05) is 12.8 Å². The number of alkyl halides is 2. The van der Waals surface area contributed by atoms with Gasteiger partial charge < -0.3 is 5.73 Å². The van der Waals surface area contributed by atoms with Crippen molar-refractivity contribution in [2.24, 2.45) is 23.5 Å². The zero-order valence-corrected chi connectivity index (χ0v) is 7.81. The van der Waals surface area contributed by atoms with Gasteiger partial charge in [-0.1, -0.05) is 0 Å². The highest BCUT2D eigenvalue weighted by Crippen LogP contribution is 2.50. The standard InChI is InChI=1S/C10H17F2N/c11-10(12)3-1-7(2-4-10)9-5-8(9)6-13/h7-9H,1-6,13H2/t8-,9-/m0/s1. The Bertz CT molecular complexity index is 183. The van der Waals surface area contributed by atoms with Crippen molar-refractivity contribution in [1.82, 2.24) is 0 Å². The fourth-order valence-electron chi connectivity index (χ4n) is 2.61. The first-order valence-electron chi connectivity index (χ1n) is 5.20. The molecule has 2 N–H and O–H groups in total. The monoisotopic (exact) mass is 189 g/mol. The van der Waals surface area contributed by atoms with Crippen LogP contribution < -0.4 is 5.73 Å². The van der Waals surface area contributed by atoms with Crippen molar-refractivity contribution in [3.63, 3.8) is 0 Å². The van der Waals surface area contributed by atoms with E-state index in [2.05, 4.69) is 0 Å². The van der Waals surface area contributed by atoms with Crippen LogP contribution >= 0.6 is 0 Å². The molecule has 2 rings (SSSR count). The van der Waals surface area contributed by atoms with Gasteiger partial charge in [0.2, 0.25) is 5.92 Å². The Morgan fingerprint density at radius 3 is 2.31 bits per heavy atom. The SMILES string of the molecule is NC[C@@H]1C[C@H]1C1CCC(F)(F)CC1. The summed E-state index contributed by atoms with van der Waals surface area (Å²) < 4.78 is 25.6. The second kappa shape index (κ2) is 3.19. The summed E-state index contributed by atoms with van der Waals surface area (Å²) in [4.78, 5) is 0. The highest BCUT2D eigenvalue weighted by Gasteiger charge is 2.45. The van der Waals surface area contributed by atoms with Gasteiger partial charge in [0.05, 0.1) is 0 Å². The molecule has 76 valence electrons. The lowest BCUT2D eigenvalue weighted by Gasteiger charge is -2.28. The third-order valence-electron chi connectivity index (χ3n) is 3.65. The lowest BCUT2D eigenvalue weighted by Crippen LogP contribution is -2.26. The van der Waals surface area contributed by atoms with Gasteiger partial charge in [-0.15, -0.1) is 0 Å². The maximum absolute atomic E-state index is 12.8. The molecule has 0 aromatic rings. The van der Waals surface area contributed by atoms with Crippen molar-refractivity contribution in [1.29, 1.82) is 0 Å². The lowest BCUT2D eigenvalue weighted by atomic mass is 9.83. The highest BCUT2D eigenvalue weighted by atomic mass is 19.3. The van der Waals surface area contributed by atoms with E-state index in [-0.39, 0.29) is 12.8 Å². The van der Waals surface area contributed by atoms with E-state index in [0.29, 0.717) is 30.6 Å². The summed E-state index contributed by atoms with van der Waals surface area (Å²) >= 11 is 0. The molecule has 0 aliphatic heterocycles. The lowest BCUT2D eigenvalue weighted by molar-refractivity contribution is -0.0484. The summed E-state index contributed by atoms with van der Waals surface area (Å²) in [6.45, 7) is 0.748. The van der Waals surface area contributed by atoms with Crippen LogP contribution in [0.15, 0.2) is 0 Å². The Labute approximate surface area is 77.7 Å². The van der Waals surface area contributed by atoms with Crippen molar-refractivity contribution in [2.45, 2.75) is 38.0 Å². The minimum atomic E-state index is -2.37. The van der Waals surface area contributed by atoms with E-state index < -0.39 is 5.92 Å². The van der Waals surface area contributed by atoms with Crippen LogP contribution in [0.5, 0.6) is 0 Å². The van der Waals surface area contributed by atoms with Crippen molar-refractivity contribution in [3.8, 4) is 0 Å². The zero-order chi connectivity index (χ0) is 9.47. The van der Waals surface area contributed by atoms with Crippen LogP contribution in [0, 0.1) is 17.8 Å². The van der Waals surface area contributed by atoms with E-state index in [4.69, 9.17) is 5.73 Å². The van der Waals surface area contributed by atoms with Gasteiger partial charge in [0.15, 0.2) is 0 Å². The molecule has 1 nitrogen and oxygen atoms in total. The normalized spacial score (nSPS) is 39.0. The Morgan fingerprint density at radius 1 is 1.23 bits per heavy atom. The predicted octanol–water partition coefficient (Wildman–Crippen LogP) is 2.41. The van der Waals surface area contributed by atoms with Crippen LogP contribution in [0.25, 0.3) is 0 Å². The third kappa shape index (κ3) is 2.01. The fraction of sp³-hybridized carbons (Fsp3) is 1.00. The summed E-state index contributed by atoms with van der Waals surface area (Å²) in [5.74, 6) is -0.491. The molecule has 0 radical (unpaired) electrons. The van der Waals surface area contributed by atoms with Gasteiger partial charge >= 0.3 is 0 Å². The Hall–Kier alpha value is -0.180. The Balaban J connectivity index is 1.79. The number of halogens is 2. The molecule has 3 heteroatoms. The molecule has 2 aliphatic carbocycles. The number of hydrogen-bond acceptors (Lipinski definition) is 1. The summed E-state index contributed by atoms with van der Waals surface area (Å²) in [6.07, 6.45) is 2.83. The van der Waals surface area contributed by atoms with E-state index in [1.54, 1.807) is 0 Å². The van der Waals surface area contributed by atoms with Crippen LogP contribution in [0.4, 0.5) is 8.78 Å². The van der Waals surface area contributed by atoms with E-state index >= 15 is 0 Å². The molecule has 0 heterocycles. The number of nitrogens with two attached hydrogens (primary N) is 1. The number of rotatable bonds is 2. The highest BCUT2D eigenvalue weighted by molar-refractivity contribution is 4.94. The van der Waals surface area contributed by atoms with Gasteiger partial charge in [0.25, 0.3) is 0 Å². The maximum atomic E-state index is 12.8. The van der Waals surface area contributed by atoms with E-state index in [9.17, 15) is 8.78 Å². The van der Waals surface area contributed by atoms with Crippen molar-refractivity contribution in [2.75, 3.05) is 6.54 Å². The molecule has 2 atom stereocenters. The topological polar surface area (TPSA) is 26.0 Å². The molecular weight excluding hydrogens is 172 g/mol. The average Bonchev–Trinajstić information content (AvgIpc) is 2.83. The van der Waals surface area contributed by atoms with Crippen molar-refractivity contribution < 1.29 is 8.78 Å². The maximum Gasteiger partial charge on any atom is 0.248 e. The van der Waals surface area contributed by atoms with Crippen LogP contribution in [-0.4, -0.2) is 12.5 Å². The van der Waals surface area contributed by atoms with Crippen LogP contribution in [0.3, 0.4) is 0 Å². The smallest absolute Gasteiger partial charge is 0.248 e. The summed E-state index contributed by atoms with van der Waals surface area (Å²) in [5, 5.41) is 0. The molecule has 0 aromatic carbocycles. The first-order chi connectivity index (χ1) is 6.12. The first kappa shape index (κ1) is 9.38. The zero-order valence-electron chi connectivity index (χ0n) is 7.81. The minimum absolute atomic E-state index is 0.103. The second-order valence-corrected chi connectivity index (χ2v) is 4.59. The van der Waals surface area contributed by atoms with Crippen molar-refractivity contribution in [3.05, 3.63) is 0 Å². The summed E-state index contributed by atoms with van der Waals surface area (Å²) in [7, 11) is 0. The molecule has 2 fully saturated rings. The third-order valence-corrected chi connectivity index (χ3v) is 3.65. The summed E-state index contributed by atoms with van der Waals surface area (Å²) in [5.41, 5.74) is 5.54. The molecule has 2 saturated carbocycles. The molecular formula is C10H17F2N. The second-order valence-electron chi connectivity index (χ2n) is 4.59. The molecule has 0 unspecified atom stereocenters. The van der Waals surface area contributed by atoms with Gasteiger partial charge in [-0.3, -0.25) is 0 Å². The van der Waals surface area contributed by atoms with E-state index in [1.165, 1.54) is 6.42 Å². The van der Waals surface area contributed by atoms with Gasteiger partial charge in [-0.2, -0.15) is 0 Å². The molecule has 0 spiro atoms. The quantitative estimate of drug-likeness (QED) is 0.709. The number of hydrogen-bond donors (Lipinski definition) is 1. The van der Waals surface area contributed by atoms with Crippen LogP contribution in [-0.2, 0) is 0 Å². The van der Waals surface area contributed by atoms with E-state index in [1.807, 2.05) is 0 Å². The molecule has 0 saturated heterocycles. The van der Waals surface area contributed by atoms with Gasteiger partial charge in [0.1, 0.15) is 0 Å². The van der Waals surface area contributed by atoms with Crippen molar-refractivity contribution >= 4 is 0 Å². The minimum Gasteiger partial charge on any atom is -0.330 e. The van der Waals surface area contributed by atoms with Crippen LogP contribution in [0.2, 0.25) is 0 Å². The fourth-order valence-corrected chi connectivity index (χ4v) is 2.61. The van der Waals surface area contributed by atoms with Crippen LogP contribution in [0.1, 0.15) is 32.1 Å². The molecule has 13 heavy (non-hydrogen) atoms. The Kier molecular flexibility index (Phi) is 2.30. The molecule has 0 aromatic heterocycles. The van der Waals surface area contributed by atoms with Gasteiger partial charge in [-0.05, 0) is 43.6 Å². The predicted molar refractivity (Wildman–Crippen MR) is 47.6 cm³/mol. The van der Waals surface area contributed by atoms with Gasteiger partial charge in [-0.25, -0.2) is 8.78 Å². The largest absolute Gasteiger partial charge is 0.330 e. The first-order valence-corrected chi connectivity index (χ1v) is 5.20. The molecule has 0 amide bonds. The summed E-state index contributed by atoms with van der Waals surface area (Å²) in [6, 6.07) is 0. The molecule has 0 bridgehead atoms. The average molecular weight is 189 g/mol. The van der Waals surface area contributed by atoms with E-state index in [0.717, 1.165) is 6.54 Å². The molecule has 2 aliphatic rings.